The number of methoxy groups -OCH3 is 2. The zero-order valence-electron chi connectivity index (χ0n) is 16.2. The zero-order chi connectivity index (χ0) is 20.1. The first-order valence-electron chi connectivity index (χ1n) is 8.93. The number of hydrogen-bond donors (Lipinski definition) is 0. The molecule has 5 nitrogen and oxygen atoms in total. The lowest BCUT2D eigenvalue weighted by Crippen LogP contribution is -2.17. The zero-order valence-corrected chi connectivity index (χ0v) is 17.0. The molecule has 0 bridgehead atoms. The first-order valence-corrected chi connectivity index (χ1v) is 9.75. The highest BCUT2D eigenvalue weighted by Gasteiger charge is 2.12. The summed E-state index contributed by atoms with van der Waals surface area (Å²) in [7, 11) is 3.16. The average Bonchev–Trinajstić information content (AvgIpc) is 3.04. The molecule has 0 N–H and O–H groups in total. The molecular weight excluding hydrogens is 372 g/mol. The standard InChI is InChI=1S/C22H22N2O3S/c1-5-11-24-18-10-7-15(6-2)12-20(18)28-22(24)23-21(25)13-16-8-9-17(26-3)14-19(16)27-4/h1,7-10,12,14H,6,11,13H2,2-4H3. The summed E-state index contributed by atoms with van der Waals surface area (Å²) in [6.07, 6.45) is 6.62. The van der Waals surface area contributed by atoms with E-state index in [1.165, 1.54) is 16.9 Å². The summed E-state index contributed by atoms with van der Waals surface area (Å²) in [5.74, 6) is 3.67. The van der Waals surface area contributed by atoms with Gasteiger partial charge in [0, 0.05) is 11.6 Å². The van der Waals surface area contributed by atoms with Crippen molar-refractivity contribution in [2.24, 2.45) is 4.99 Å². The van der Waals surface area contributed by atoms with E-state index in [4.69, 9.17) is 15.9 Å². The number of fused-ring (bicyclic) bond motifs is 1. The van der Waals surface area contributed by atoms with Crippen molar-refractivity contribution in [2.75, 3.05) is 14.2 Å². The van der Waals surface area contributed by atoms with Crippen LogP contribution in [0.25, 0.3) is 10.2 Å². The number of carbonyl (C=O) groups excluding carboxylic acids is 1. The van der Waals surface area contributed by atoms with Crippen LogP contribution in [0.2, 0.25) is 0 Å². The van der Waals surface area contributed by atoms with Gasteiger partial charge < -0.3 is 14.0 Å². The van der Waals surface area contributed by atoms with Gasteiger partial charge in [-0.3, -0.25) is 4.79 Å². The number of thiazole rings is 1. The van der Waals surface area contributed by atoms with Crippen LogP contribution in [0, 0.1) is 12.3 Å². The van der Waals surface area contributed by atoms with E-state index in [9.17, 15) is 4.79 Å². The predicted octanol–water partition coefficient (Wildman–Crippen LogP) is 3.59. The topological polar surface area (TPSA) is 52.8 Å². The van der Waals surface area contributed by atoms with Crippen LogP contribution in [0.4, 0.5) is 0 Å². The Kier molecular flexibility index (Phi) is 6.17. The van der Waals surface area contributed by atoms with Gasteiger partial charge in [0.05, 0.1) is 37.4 Å². The van der Waals surface area contributed by atoms with Gasteiger partial charge in [-0.25, -0.2) is 0 Å². The van der Waals surface area contributed by atoms with Gasteiger partial charge in [0.15, 0.2) is 4.80 Å². The van der Waals surface area contributed by atoms with E-state index >= 15 is 0 Å². The molecule has 2 aromatic carbocycles. The monoisotopic (exact) mass is 394 g/mol. The van der Waals surface area contributed by atoms with Crippen LogP contribution < -0.4 is 14.3 Å². The van der Waals surface area contributed by atoms with E-state index in [0.717, 1.165) is 22.2 Å². The third-order valence-electron chi connectivity index (χ3n) is 4.46. The third-order valence-corrected chi connectivity index (χ3v) is 5.50. The Bertz CT molecular complexity index is 1120. The third kappa shape index (κ3) is 4.10. The largest absolute Gasteiger partial charge is 0.497 e. The van der Waals surface area contributed by atoms with E-state index in [1.54, 1.807) is 26.4 Å². The van der Waals surface area contributed by atoms with E-state index in [0.29, 0.717) is 22.8 Å². The lowest BCUT2D eigenvalue weighted by Gasteiger charge is -2.08. The summed E-state index contributed by atoms with van der Waals surface area (Å²) >= 11 is 1.48. The molecule has 0 aliphatic carbocycles. The number of benzene rings is 2. The fourth-order valence-electron chi connectivity index (χ4n) is 2.97. The van der Waals surface area contributed by atoms with Crippen molar-refractivity contribution >= 4 is 27.5 Å². The molecular formula is C22H22N2O3S. The molecule has 0 atom stereocenters. The van der Waals surface area contributed by atoms with Crippen molar-refractivity contribution in [3.05, 3.63) is 52.3 Å². The van der Waals surface area contributed by atoms with Crippen molar-refractivity contribution in [3.8, 4) is 23.8 Å². The summed E-state index contributed by atoms with van der Waals surface area (Å²) in [4.78, 5) is 17.6. The molecule has 6 heteroatoms. The number of terminal acetylenes is 1. The molecule has 0 fully saturated rings. The Morgan fingerprint density at radius 2 is 2.04 bits per heavy atom. The SMILES string of the molecule is C#CCn1c(=NC(=O)Cc2ccc(OC)cc2OC)sc2cc(CC)ccc21. The minimum Gasteiger partial charge on any atom is -0.497 e. The molecule has 1 aromatic heterocycles. The van der Waals surface area contributed by atoms with E-state index in [2.05, 4.69) is 30.0 Å². The average molecular weight is 394 g/mol. The molecule has 0 unspecified atom stereocenters. The highest BCUT2D eigenvalue weighted by Crippen LogP contribution is 2.25. The molecule has 144 valence electrons. The van der Waals surface area contributed by atoms with Crippen molar-refractivity contribution in [3.63, 3.8) is 0 Å². The van der Waals surface area contributed by atoms with Crippen molar-refractivity contribution in [1.29, 1.82) is 0 Å². The second-order valence-electron chi connectivity index (χ2n) is 6.19. The molecule has 28 heavy (non-hydrogen) atoms. The molecule has 0 spiro atoms. The molecule has 3 aromatic rings. The number of aryl methyl sites for hydroxylation is 1. The number of amides is 1. The van der Waals surface area contributed by atoms with Crippen molar-refractivity contribution in [2.45, 2.75) is 26.3 Å². The van der Waals surface area contributed by atoms with Gasteiger partial charge in [0.2, 0.25) is 0 Å². The summed E-state index contributed by atoms with van der Waals surface area (Å²) < 4.78 is 13.5. The summed E-state index contributed by atoms with van der Waals surface area (Å²) in [6.45, 7) is 2.48. The van der Waals surface area contributed by atoms with Crippen LogP contribution in [-0.2, 0) is 24.2 Å². The highest BCUT2D eigenvalue weighted by atomic mass is 32.1. The van der Waals surface area contributed by atoms with Gasteiger partial charge in [-0.15, -0.1) is 6.42 Å². The quantitative estimate of drug-likeness (QED) is 0.601. The first kappa shape index (κ1) is 19.7. The Labute approximate surface area is 168 Å². The van der Waals surface area contributed by atoms with Gasteiger partial charge in [-0.1, -0.05) is 36.3 Å². The van der Waals surface area contributed by atoms with Crippen LogP contribution in [0.5, 0.6) is 11.5 Å². The van der Waals surface area contributed by atoms with Gasteiger partial charge in [0.25, 0.3) is 5.91 Å². The number of nitrogens with zero attached hydrogens (tertiary/aromatic N) is 2. The normalized spacial score (nSPS) is 11.4. The molecule has 0 radical (unpaired) electrons. The maximum atomic E-state index is 12.6. The van der Waals surface area contributed by atoms with Crippen LogP contribution in [0.15, 0.2) is 41.4 Å². The molecule has 0 saturated carbocycles. The Balaban J connectivity index is 1.98. The van der Waals surface area contributed by atoms with Crippen LogP contribution >= 0.6 is 11.3 Å². The minimum absolute atomic E-state index is 0.137. The molecule has 1 heterocycles. The Hall–Kier alpha value is -3.04. The summed E-state index contributed by atoms with van der Waals surface area (Å²) in [5, 5.41) is 0. The number of aromatic nitrogens is 1. The smallest absolute Gasteiger partial charge is 0.252 e. The van der Waals surface area contributed by atoms with Gasteiger partial charge >= 0.3 is 0 Å². The van der Waals surface area contributed by atoms with E-state index < -0.39 is 0 Å². The van der Waals surface area contributed by atoms with E-state index in [-0.39, 0.29) is 12.3 Å². The number of carbonyl (C=O) groups is 1. The molecule has 0 aliphatic heterocycles. The van der Waals surface area contributed by atoms with Gasteiger partial charge in [-0.05, 0) is 30.2 Å². The van der Waals surface area contributed by atoms with Crippen LogP contribution in [0.1, 0.15) is 18.1 Å². The maximum absolute atomic E-state index is 12.6. The summed E-state index contributed by atoms with van der Waals surface area (Å²) in [5.41, 5.74) is 2.99. The predicted molar refractivity (Wildman–Crippen MR) is 112 cm³/mol. The second kappa shape index (κ2) is 8.77. The minimum atomic E-state index is -0.253. The van der Waals surface area contributed by atoms with Crippen molar-refractivity contribution in [1.82, 2.24) is 4.57 Å². The van der Waals surface area contributed by atoms with Crippen molar-refractivity contribution < 1.29 is 14.3 Å². The second-order valence-corrected chi connectivity index (χ2v) is 7.20. The van der Waals surface area contributed by atoms with Crippen LogP contribution in [0.3, 0.4) is 0 Å². The van der Waals surface area contributed by atoms with Gasteiger partial charge in [0.1, 0.15) is 11.5 Å². The molecule has 1 amide bonds. The van der Waals surface area contributed by atoms with E-state index in [1.807, 2.05) is 16.7 Å². The number of ether oxygens (including phenoxy) is 2. The number of rotatable bonds is 6. The molecule has 0 saturated heterocycles. The molecule has 0 aliphatic rings. The van der Waals surface area contributed by atoms with Crippen LogP contribution in [-0.4, -0.2) is 24.7 Å². The number of hydrogen-bond acceptors (Lipinski definition) is 4. The maximum Gasteiger partial charge on any atom is 0.252 e. The summed E-state index contributed by atoms with van der Waals surface area (Å²) in [6, 6.07) is 11.6. The first-order chi connectivity index (χ1) is 13.6. The fourth-order valence-corrected chi connectivity index (χ4v) is 4.08. The Morgan fingerprint density at radius 3 is 2.71 bits per heavy atom. The van der Waals surface area contributed by atoms with Gasteiger partial charge in [-0.2, -0.15) is 4.99 Å². The lowest BCUT2D eigenvalue weighted by atomic mass is 10.1. The Morgan fingerprint density at radius 1 is 1.21 bits per heavy atom. The highest BCUT2D eigenvalue weighted by molar-refractivity contribution is 7.16. The lowest BCUT2D eigenvalue weighted by molar-refractivity contribution is -0.117. The molecule has 3 rings (SSSR count). The fraction of sp³-hybridized carbons (Fsp3) is 0.273.